The number of carbonyl (C=O) groups is 2. The second kappa shape index (κ2) is 9.71. The standard InChI is InChI=1S/C23H24FN3O2S/c1-15-9-16(2)27(26-15)13-19-6-4-5-18(10-19)12-25-23(29)14-30-22-8-7-20(17(3)28)11-21(22)24/h4-11H,12-14H2,1-3H3,(H,25,29). The zero-order chi connectivity index (χ0) is 21.7. The summed E-state index contributed by atoms with van der Waals surface area (Å²) in [6.45, 7) is 6.46. The number of benzene rings is 2. The topological polar surface area (TPSA) is 64.0 Å². The summed E-state index contributed by atoms with van der Waals surface area (Å²) in [5.74, 6) is -0.762. The first kappa shape index (κ1) is 21.8. The molecule has 0 aliphatic rings. The second-order valence-electron chi connectivity index (χ2n) is 7.17. The number of nitrogens with one attached hydrogen (secondary N) is 1. The van der Waals surface area contributed by atoms with Crippen LogP contribution in [-0.2, 0) is 17.9 Å². The first-order valence-electron chi connectivity index (χ1n) is 9.60. The van der Waals surface area contributed by atoms with Crippen molar-refractivity contribution < 1.29 is 14.0 Å². The van der Waals surface area contributed by atoms with Crippen LogP contribution >= 0.6 is 11.8 Å². The van der Waals surface area contributed by atoms with E-state index < -0.39 is 5.82 Å². The highest BCUT2D eigenvalue weighted by molar-refractivity contribution is 8.00. The van der Waals surface area contributed by atoms with Gasteiger partial charge in [0.15, 0.2) is 5.78 Å². The number of rotatable bonds is 8. The van der Waals surface area contributed by atoms with Crippen molar-refractivity contribution in [1.29, 1.82) is 0 Å². The van der Waals surface area contributed by atoms with Crippen molar-refractivity contribution >= 4 is 23.5 Å². The Kier molecular flexibility index (Phi) is 7.05. The van der Waals surface area contributed by atoms with Crippen molar-refractivity contribution in [3.8, 4) is 0 Å². The molecule has 3 rings (SSSR count). The van der Waals surface area contributed by atoms with Crippen molar-refractivity contribution in [3.05, 3.63) is 82.4 Å². The average molecular weight is 426 g/mol. The Morgan fingerprint density at radius 1 is 1.10 bits per heavy atom. The molecule has 5 nitrogen and oxygen atoms in total. The molecule has 0 saturated carbocycles. The van der Waals surface area contributed by atoms with E-state index in [1.165, 1.54) is 19.1 Å². The molecule has 1 N–H and O–H groups in total. The molecule has 0 aliphatic heterocycles. The summed E-state index contributed by atoms with van der Waals surface area (Å²) in [7, 11) is 0. The zero-order valence-electron chi connectivity index (χ0n) is 17.2. The predicted molar refractivity (Wildman–Crippen MR) is 116 cm³/mol. The van der Waals surface area contributed by atoms with Crippen LogP contribution < -0.4 is 5.32 Å². The lowest BCUT2D eigenvalue weighted by Crippen LogP contribution is -2.24. The molecule has 2 aromatic carbocycles. The molecule has 30 heavy (non-hydrogen) atoms. The van der Waals surface area contributed by atoms with E-state index in [-0.39, 0.29) is 17.4 Å². The molecule has 3 aromatic rings. The van der Waals surface area contributed by atoms with Crippen molar-refractivity contribution in [3.63, 3.8) is 0 Å². The van der Waals surface area contributed by atoms with Gasteiger partial charge in [-0.1, -0.05) is 30.3 Å². The molecule has 0 aliphatic carbocycles. The number of halogens is 1. The molecule has 0 unspecified atom stereocenters. The highest BCUT2D eigenvalue weighted by Crippen LogP contribution is 2.22. The Hall–Kier alpha value is -2.93. The molecule has 0 bridgehead atoms. The number of hydrogen-bond acceptors (Lipinski definition) is 4. The van der Waals surface area contributed by atoms with Crippen LogP contribution in [0.5, 0.6) is 0 Å². The van der Waals surface area contributed by atoms with E-state index in [1.54, 1.807) is 6.07 Å². The number of nitrogens with zero attached hydrogens (tertiary/aromatic N) is 2. The second-order valence-corrected chi connectivity index (χ2v) is 8.19. The van der Waals surface area contributed by atoms with Gasteiger partial charge >= 0.3 is 0 Å². The van der Waals surface area contributed by atoms with Gasteiger partial charge in [0, 0.05) is 22.7 Å². The molecule has 0 saturated heterocycles. The van der Waals surface area contributed by atoms with Gasteiger partial charge in [-0.15, -0.1) is 11.8 Å². The van der Waals surface area contributed by atoms with Gasteiger partial charge in [0.25, 0.3) is 0 Å². The number of Topliss-reactive ketones (excluding diaryl/α,β-unsaturated/α-hetero) is 1. The van der Waals surface area contributed by atoms with E-state index in [0.717, 1.165) is 34.3 Å². The number of aromatic nitrogens is 2. The van der Waals surface area contributed by atoms with Gasteiger partial charge < -0.3 is 5.32 Å². The van der Waals surface area contributed by atoms with E-state index in [0.29, 0.717) is 23.5 Å². The quantitative estimate of drug-likeness (QED) is 0.432. The lowest BCUT2D eigenvalue weighted by Gasteiger charge is -2.09. The first-order chi connectivity index (χ1) is 14.3. The predicted octanol–water partition coefficient (Wildman–Crippen LogP) is 4.30. The summed E-state index contributed by atoms with van der Waals surface area (Å²) < 4.78 is 16.0. The molecule has 1 heterocycles. The van der Waals surface area contributed by atoms with Crippen molar-refractivity contribution in [1.82, 2.24) is 15.1 Å². The minimum atomic E-state index is -0.489. The Balaban J connectivity index is 1.52. The van der Waals surface area contributed by atoms with Gasteiger partial charge in [-0.3, -0.25) is 14.3 Å². The van der Waals surface area contributed by atoms with E-state index in [4.69, 9.17) is 0 Å². The van der Waals surface area contributed by atoms with Crippen LogP contribution in [-0.4, -0.2) is 27.2 Å². The maximum Gasteiger partial charge on any atom is 0.230 e. The highest BCUT2D eigenvalue weighted by atomic mass is 32.2. The first-order valence-corrected chi connectivity index (χ1v) is 10.6. The molecule has 156 valence electrons. The Morgan fingerprint density at radius 3 is 2.53 bits per heavy atom. The van der Waals surface area contributed by atoms with Crippen LogP contribution in [0.4, 0.5) is 4.39 Å². The lowest BCUT2D eigenvalue weighted by molar-refractivity contribution is -0.118. The maximum absolute atomic E-state index is 14.1. The summed E-state index contributed by atoms with van der Waals surface area (Å²) in [4.78, 5) is 23.8. The summed E-state index contributed by atoms with van der Waals surface area (Å²) in [5.41, 5.74) is 4.51. The van der Waals surface area contributed by atoms with Crippen molar-refractivity contribution in [2.24, 2.45) is 0 Å². The largest absolute Gasteiger partial charge is 0.351 e. The third-order valence-electron chi connectivity index (χ3n) is 4.61. The fourth-order valence-corrected chi connectivity index (χ4v) is 3.83. The number of thioether (sulfide) groups is 1. The number of amides is 1. The van der Waals surface area contributed by atoms with Gasteiger partial charge in [0.2, 0.25) is 5.91 Å². The zero-order valence-corrected chi connectivity index (χ0v) is 18.1. The van der Waals surface area contributed by atoms with Crippen LogP contribution in [0.3, 0.4) is 0 Å². The fraction of sp³-hybridized carbons (Fsp3) is 0.261. The van der Waals surface area contributed by atoms with E-state index in [1.807, 2.05) is 48.9 Å². The van der Waals surface area contributed by atoms with Gasteiger partial charge in [-0.05, 0) is 50.1 Å². The van der Waals surface area contributed by atoms with Crippen molar-refractivity contribution in [2.75, 3.05) is 5.75 Å². The fourth-order valence-electron chi connectivity index (χ4n) is 3.08. The molecule has 1 amide bonds. The Labute approximate surface area is 179 Å². The molecular weight excluding hydrogens is 401 g/mol. The molecule has 0 fully saturated rings. The molecule has 0 spiro atoms. The van der Waals surface area contributed by atoms with E-state index in [9.17, 15) is 14.0 Å². The number of aryl methyl sites for hydroxylation is 2. The van der Waals surface area contributed by atoms with Crippen LogP contribution in [0.1, 0.15) is 39.8 Å². The third kappa shape index (κ3) is 5.79. The minimum absolute atomic E-state index is 0.0990. The molecule has 0 radical (unpaired) electrons. The molecule has 7 heteroatoms. The maximum atomic E-state index is 14.1. The molecule has 1 aromatic heterocycles. The number of hydrogen-bond donors (Lipinski definition) is 1. The van der Waals surface area contributed by atoms with E-state index in [2.05, 4.69) is 10.4 Å². The summed E-state index contributed by atoms with van der Waals surface area (Å²) >= 11 is 1.11. The molecule has 0 atom stereocenters. The summed E-state index contributed by atoms with van der Waals surface area (Å²) in [5, 5.41) is 7.35. The SMILES string of the molecule is CC(=O)c1ccc(SCC(=O)NCc2cccc(Cn3nc(C)cc3C)c2)c(F)c1. The summed E-state index contributed by atoms with van der Waals surface area (Å²) in [6.07, 6.45) is 0. The third-order valence-corrected chi connectivity index (χ3v) is 5.66. The number of carbonyl (C=O) groups excluding carboxylic acids is 2. The number of ketones is 1. The Bertz CT molecular complexity index is 1080. The van der Waals surface area contributed by atoms with Gasteiger partial charge in [0.05, 0.1) is 18.0 Å². The van der Waals surface area contributed by atoms with Crippen LogP contribution in [0.15, 0.2) is 53.4 Å². The average Bonchev–Trinajstić information content (AvgIpc) is 3.02. The summed E-state index contributed by atoms with van der Waals surface area (Å²) in [6, 6.07) is 14.3. The van der Waals surface area contributed by atoms with Crippen LogP contribution in [0, 0.1) is 19.7 Å². The van der Waals surface area contributed by atoms with Gasteiger partial charge in [0.1, 0.15) is 5.82 Å². The smallest absolute Gasteiger partial charge is 0.230 e. The van der Waals surface area contributed by atoms with E-state index >= 15 is 0 Å². The minimum Gasteiger partial charge on any atom is -0.351 e. The normalized spacial score (nSPS) is 10.8. The van der Waals surface area contributed by atoms with Crippen molar-refractivity contribution in [2.45, 2.75) is 38.8 Å². The van der Waals surface area contributed by atoms with Crippen LogP contribution in [0.25, 0.3) is 0 Å². The molecular formula is C23H24FN3O2S. The van der Waals surface area contributed by atoms with Gasteiger partial charge in [-0.25, -0.2) is 4.39 Å². The monoisotopic (exact) mass is 425 g/mol. The van der Waals surface area contributed by atoms with Gasteiger partial charge in [-0.2, -0.15) is 5.10 Å². The highest BCUT2D eigenvalue weighted by Gasteiger charge is 2.10. The van der Waals surface area contributed by atoms with Crippen LogP contribution in [0.2, 0.25) is 0 Å². The lowest BCUT2D eigenvalue weighted by atomic mass is 10.1. The Morgan fingerprint density at radius 2 is 1.87 bits per heavy atom.